The lowest BCUT2D eigenvalue weighted by molar-refractivity contribution is 0.0696. The Hall–Kier alpha value is -2.37. The minimum absolute atomic E-state index is 0.301. The van der Waals surface area contributed by atoms with Gasteiger partial charge in [0.15, 0.2) is 5.82 Å². The molecular formula is C11H11N3O3. The van der Waals surface area contributed by atoms with Crippen LogP contribution in [0.3, 0.4) is 0 Å². The summed E-state index contributed by atoms with van der Waals surface area (Å²) < 4.78 is 4.60. The number of hydrogen-bond acceptors (Lipinski definition) is 5. The number of benzene rings is 1. The highest BCUT2D eigenvalue weighted by Gasteiger charge is 2.07. The Kier molecular flexibility index (Phi) is 3.04. The van der Waals surface area contributed by atoms with Gasteiger partial charge in [-0.25, -0.2) is 4.79 Å². The molecule has 6 nitrogen and oxygen atoms in total. The van der Waals surface area contributed by atoms with E-state index in [1.165, 1.54) is 6.39 Å². The van der Waals surface area contributed by atoms with Crippen LogP contribution in [0, 0.1) is 6.92 Å². The van der Waals surface area contributed by atoms with E-state index < -0.39 is 5.97 Å². The summed E-state index contributed by atoms with van der Waals surface area (Å²) in [5.41, 5.74) is 1.82. The number of aromatic nitrogens is 2. The molecular weight excluding hydrogens is 222 g/mol. The molecule has 0 aliphatic heterocycles. The Morgan fingerprint density at radius 3 is 2.94 bits per heavy atom. The third-order valence-corrected chi connectivity index (χ3v) is 2.31. The maximum atomic E-state index is 10.8. The molecule has 0 aliphatic carbocycles. The number of carboxylic acid groups (broad SMARTS) is 1. The van der Waals surface area contributed by atoms with E-state index in [0.717, 1.165) is 5.69 Å². The Morgan fingerprint density at radius 2 is 2.35 bits per heavy atom. The number of nitrogens with one attached hydrogen (secondary N) is 1. The molecule has 0 saturated carbocycles. The summed E-state index contributed by atoms with van der Waals surface area (Å²) in [6.45, 7) is 2.19. The third-order valence-electron chi connectivity index (χ3n) is 2.31. The molecule has 17 heavy (non-hydrogen) atoms. The van der Waals surface area contributed by atoms with Crippen molar-refractivity contribution < 1.29 is 14.4 Å². The summed E-state index contributed by atoms with van der Waals surface area (Å²) in [6, 6.07) is 5.04. The van der Waals surface area contributed by atoms with E-state index in [1.54, 1.807) is 25.1 Å². The number of rotatable bonds is 4. The van der Waals surface area contributed by atoms with Crippen molar-refractivity contribution in [2.24, 2.45) is 0 Å². The Balaban J connectivity index is 2.07. The number of aromatic carboxylic acids is 1. The van der Waals surface area contributed by atoms with Crippen molar-refractivity contribution in [2.75, 3.05) is 5.32 Å². The van der Waals surface area contributed by atoms with Gasteiger partial charge in [0, 0.05) is 5.69 Å². The average Bonchev–Trinajstić information content (AvgIpc) is 2.78. The van der Waals surface area contributed by atoms with Crippen LogP contribution in [0.15, 0.2) is 29.1 Å². The first-order valence-electron chi connectivity index (χ1n) is 5.00. The topological polar surface area (TPSA) is 88.3 Å². The van der Waals surface area contributed by atoms with Gasteiger partial charge in [-0.1, -0.05) is 5.16 Å². The molecule has 1 heterocycles. The maximum Gasteiger partial charge on any atom is 0.335 e. The highest BCUT2D eigenvalue weighted by molar-refractivity contribution is 5.89. The fourth-order valence-electron chi connectivity index (χ4n) is 1.47. The maximum absolute atomic E-state index is 10.8. The van der Waals surface area contributed by atoms with Crippen molar-refractivity contribution >= 4 is 11.7 Å². The molecule has 2 rings (SSSR count). The van der Waals surface area contributed by atoms with Crippen molar-refractivity contribution in [2.45, 2.75) is 13.5 Å². The molecule has 0 bridgehead atoms. The average molecular weight is 233 g/mol. The van der Waals surface area contributed by atoms with Crippen molar-refractivity contribution in [1.29, 1.82) is 0 Å². The molecule has 2 N–H and O–H groups in total. The Morgan fingerprint density at radius 1 is 1.53 bits per heavy atom. The molecule has 0 spiro atoms. The van der Waals surface area contributed by atoms with Crippen LogP contribution >= 0.6 is 0 Å². The second kappa shape index (κ2) is 4.65. The van der Waals surface area contributed by atoms with Crippen LogP contribution in [-0.4, -0.2) is 21.2 Å². The zero-order chi connectivity index (χ0) is 12.3. The van der Waals surface area contributed by atoms with Crippen molar-refractivity contribution in [3.05, 3.63) is 41.5 Å². The van der Waals surface area contributed by atoms with Gasteiger partial charge in [-0.05, 0) is 30.7 Å². The second-order valence-corrected chi connectivity index (χ2v) is 3.54. The molecule has 1 aromatic heterocycles. The molecule has 0 unspecified atom stereocenters. The van der Waals surface area contributed by atoms with Gasteiger partial charge in [-0.2, -0.15) is 4.98 Å². The quantitative estimate of drug-likeness (QED) is 0.835. The van der Waals surface area contributed by atoms with Gasteiger partial charge in [-0.3, -0.25) is 0 Å². The van der Waals surface area contributed by atoms with Crippen molar-refractivity contribution in [3.8, 4) is 0 Å². The van der Waals surface area contributed by atoms with Crippen LogP contribution in [0.1, 0.15) is 21.7 Å². The predicted molar refractivity (Wildman–Crippen MR) is 59.8 cm³/mol. The lowest BCUT2D eigenvalue weighted by atomic mass is 10.1. The lowest BCUT2D eigenvalue weighted by Gasteiger charge is -2.06. The number of aryl methyl sites for hydroxylation is 1. The molecule has 88 valence electrons. The van der Waals surface area contributed by atoms with E-state index in [9.17, 15) is 4.79 Å². The highest BCUT2D eigenvalue weighted by atomic mass is 16.5. The molecule has 2 aromatic rings. The first-order valence-corrected chi connectivity index (χ1v) is 5.00. The fraction of sp³-hybridized carbons (Fsp3) is 0.182. The fourth-order valence-corrected chi connectivity index (χ4v) is 1.47. The normalized spacial score (nSPS) is 10.2. The molecule has 0 amide bonds. The van der Waals surface area contributed by atoms with E-state index in [4.69, 9.17) is 5.11 Å². The van der Waals surface area contributed by atoms with Gasteiger partial charge in [0.25, 0.3) is 0 Å². The van der Waals surface area contributed by atoms with Crippen molar-refractivity contribution in [1.82, 2.24) is 10.1 Å². The van der Waals surface area contributed by atoms with Crippen LogP contribution in [0.4, 0.5) is 5.69 Å². The molecule has 0 fully saturated rings. The summed E-state index contributed by atoms with van der Waals surface area (Å²) in [7, 11) is 0. The lowest BCUT2D eigenvalue weighted by Crippen LogP contribution is -2.04. The van der Waals surface area contributed by atoms with Crippen LogP contribution in [0.5, 0.6) is 0 Å². The molecule has 1 aromatic carbocycles. The summed E-state index contributed by atoms with van der Waals surface area (Å²) in [6.07, 6.45) is 1.26. The first kappa shape index (κ1) is 11.1. The standard InChI is InChI=1S/C11H11N3O3/c1-7-4-8(2-3-9(7)11(15)16)12-5-10-13-6-17-14-10/h2-4,6,12H,5H2,1H3,(H,15,16). The van der Waals surface area contributed by atoms with E-state index in [1.807, 2.05) is 0 Å². The largest absolute Gasteiger partial charge is 0.478 e. The van der Waals surface area contributed by atoms with Gasteiger partial charge in [0.05, 0.1) is 12.1 Å². The number of anilines is 1. The summed E-state index contributed by atoms with van der Waals surface area (Å²) in [5, 5.41) is 15.6. The van der Waals surface area contributed by atoms with E-state index in [-0.39, 0.29) is 0 Å². The van der Waals surface area contributed by atoms with Gasteiger partial charge in [0.2, 0.25) is 6.39 Å². The van der Waals surface area contributed by atoms with Gasteiger partial charge in [-0.15, -0.1) is 0 Å². The van der Waals surface area contributed by atoms with Gasteiger partial charge >= 0.3 is 5.97 Å². The molecule has 6 heteroatoms. The third kappa shape index (κ3) is 2.60. The van der Waals surface area contributed by atoms with Crippen LogP contribution in [0.2, 0.25) is 0 Å². The minimum Gasteiger partial charge on any atom is -0.478 e. The van der Waals surface area contributed by atoms with Crippen LogP contribution in [-0.2, 0) is 6.54 Å². The predicted octanol–water partition coefficient (Wildman–Crippen LogP) is 1.69. The number of hydrogen-bond donors (Lipinski definition) is 2. The van der Waals surface area contributed by atoms with E-state index in [2.05, 4.69) is 20.0 Å². The second-order valence-electron chi connectivity index (χ2n) is 3.54. The first-order chi connectivity index (χ1) is 8.16. The van der Waals surface area contributed by atoms with E-state index in [0.29, 0.717) is 23.5 Å². The smallest absolute Gasteiger partial charge is 0.335 e. The number of carboxylic acids is 1. The van der Waals surface area contributed by atoms with Gasteiger partial charge in [0.1, 0.15) is 0 Å². The van der Waals surface area contributed by atoms with Gasteiger partial charge < -0.3 is 14.9 Å². The Labute approximate surface area is 97.3 Å². The summed E-state index contributed by atoms with van der Waals surface area (Å²) >= 11 is 0. The molecule has 0 atom stereocenters. The SMILES string of the molecule is Cc1cc(NCc2ncon2)ccc1C(=O)O. The minimum atomic E-state index is -0.924. The zero-order valence-corrected chi connectivity index (χ0v) is 9.17. The Bertz CT molecular complexity index is 523. The molecule has 0 aliphatic rings. The summed E-state index contributed by atoms with van der Waals surface area (Å²) in [4.78, 5) is 14.7. The number of carbonyl (C=O) groups is 1. The monoisotopic (exact) mass is 233 g/mol. The zero-order valence-electron chi connectivity index (χ0n) is 9.17. The highest BCUT2D eigenvalue weighted by Crippen LogP contribution is 2.15. The van der Waals surface area contributed by atoms with Crippen LogP contribution < -0.4 is 5.32 Å². The number of nitrogens with zero attached hydrogens (tertiary/aromatic N) is 2. The molecule has 0 radical (unpaired) electrons. The van der Waals surface area contributed by atoms with Crippen LogP contribution in [0.25, 0.3) is 0 Å². The summed E-state index contributed by atoms with van der Waals surface area (Å²) in [5.74, 6) is -0.378. The molecule has 0 saturated heterocycles. The van der Waals surface area contributed by atoms with Crippen molar-refractivity contribution in [3.63, 3.8) is 0 Å². The van der Waals surface area contributed by atoms with E-state index >= 15 is 0 Å².